The smallest absolute Gasteiger partial charge is 0.310 e. The van der Waals surface area contributed by atoms with E-state index in [1.54, 1.807) is 0 Å². The Hall–Kier alpha value is -2.18. The van der Waals surface area contributed by atoms with Crippen LogP contribution < -0.4 is 10.6 Å². The van der Waals surface area contributed by atoms with Crippen molar-refractivity contribution in [3.63, 3.8) is 0 Å². The first-order valence-corrected chi connectivity index (χ1v) is 6.16. The van der Waals surface area contributed by atoms with Gasteiger partial charge in [0.05, 0.1) is 4.92 Å². The summed E-state index contributed by atoms with van der Waals surface area (Å²) in [4.78, 5) is 25.5. The fourth-order valence-corrected chi connectivity index (χ4v) is 1.44. The Kier molecular flexibility index (Phi) is 5.72. The van der Waals surface area contributed by atoms with Crippen LogP contribution in [0.4, 0.5) is 11.4 Å². The lowest BCUT2D eigenvalue weighted by Gasteiger charge is -2.11. The van der Waals surface area contributed by atoms with Gasteiger partial charge in [-0.25, -0.2) is 0 Å². The number of nitro groups is 1. The second-order valence-electron chi connectivity index (χ2n) is 4.20. The van der Waals surface area contributed by atoms with E-state index in [0.717, 1.165) is 6.42 Å². The van der Waals surface area contributed by atoms with Crippen LogP contribution >= 0.6 is 0 Å². The maximum Gasteiger partial charge on any atom is 0.310 e. The average Bonchev–Trinajstić information content (AvgIpc) is 2.38. The highest BCUT2D eigenvalue weighted by Gasteiger charge is 2.13. The Morgan fingerprint density at radius 3 is 2.95 bits per heavy atom. The van der Waals surface area contributed by atoms with Gasteiger partial charge in [-0.1, -0.05) is 6.92 Å². The van der Waals surface area contributed by atoms with Gasteiger partial charge in [-0.2, -0.15) is 0 Å². The fourth-order valence-electron chi connectivity index (χ4n) is 1.44. The molecule has 7 nitrogen and oxygen atoms in total. The van der Waals surface area contributed by atoms with Crippen LogP contribution in [0.5, 0.6) is 0 Å². The van der Waals surface area contributed by atoms with Crippen molar-refractivity contribution in [2.45, 2.75) is 32.7 Å². The van der Waals surface area contributed by atoms with Gasteiger partial charge in [0, 0.05) is 25.2 Å². The second-order valence-corrected chi connectivity index (χ2v) is 4.20. The number of carbonyl (C=O) groups is 1. The normalized spacial score (nSPS) is 11.7. The third-order valence-electron chi connectivity index (χ3n) is 2.68. The number of nitrogens with one attached hydrogen (secondary N) is 2. The number of pyridine rings is 1. The lowest BCUT2D eigenvalue weighted by molar-refractivity contribution is -0.384. The molecular formula is C12H18N4O3. The Balaban J connectivity index is 2.45. The highest BCUT2D eigenvalue weighted by atomic mass is 16.6. The van der Waals surface area contributed by atoms with E-state index in [0.29, 0.717) is 12.2 Å². The molecule has 0 aromatic carbocycles. The molecule has 1 atom stereocenters. The summed E-state index contributed by atoms with van der Waals surface area (Å²) >= 11 is 0. The van der Waals surface area contributed by atoms with Crippen molar-refractivity contribution in [3.05, 3.63) is 28.6 Å². The van der Waals surface area contributed by atoms with Crippen LogP contribution in [0, 0.1) is 10.1 Å². The molecule has 0 fully saturated rings. The number of nitrogens with zero attached hydrogens (tertiary/aromatic N) is 2. The van der Waals surface area contributed by atoms with Gasteiger partial charge in [0.25, 0.3) is 0 Å². The van der Waals surface area contributed by atoms with Crippen LogP contribution in [-0.4, -0.2) is 28.4 Å². The monoisotopic (exact) mass is 266 g/mol. The van der Waals surface area contributed by atoms with Crippen LogP contribution in [0.2, 0.25) is 0 Å². The lowest BCUT2D eigenvalue weighted by atomic mass is 10.2. The van der Waals surface area contributed by atoms with Crippen molar-refractivity contribution in [1.29, 1.82) is 0 Å². The summed E-state index contributed by atoms with van der Waals surface area (Å²) in [7, 11) is 0. The van der Waals surface area contributed by atoms with Gasteiger partial charge in [-0.05, 0) is 19.4 Å². The topological polar surface area (TPSA) is 97.2 Å². The Labute approximate surface area is 111 Å². The van der Waals surface area contributed by atoms with Gasteiger partial charge in [0.15, 0.2) is 0 Å². The van der Waals surface area contributed by atoms with Crippen LogP contribution in [0.25, 0.3) is 0 Å². The third-order valence-corrected chi connectivity index (χ3v) is 2.68. The number of hydrogen-bond acceptors (Lipinski definition) is 5. The molecule has 0 radical (unpaired) electrons. The summed E-state index contributed by atoms with van der Waals surface area (Å²) in [6.07, 6.45) is 3.79. The van der Waals surface area contributed by atoms with E-state index in [2.05, 4.69) is 15.6 Å². The van der Waals surface area contributed by atoms with Crippen molar-refractivity contribution < 1.29 is 9.72 Å². The van der Waals surface area contributed by atoms with Crippen LogP contribution in [0.15, 0.2) is 18.5 Å². The molecule has 7 heteroatoms. The first-order chi connectivity index (χ1) is 9.04. The van der Waals surface area contributed by atoms with Gasteiger partial charge < -0.3 is 10.6 Å². The summed E-state index contributed by atoms with van der Waals surface area (Å²) in [5.74, 6) is -0.0708. The summed E-state index contributed by atoms with van der Waals surface area (Å²) in [5.41, 5.74) is 0.279. The molecule has 0 aliphatic heterocycles. The predicted octanol–water partition coefficient (Wildman–Crippen LogP) is 1.71. The molecular weight excluding hydrogens is 248 g/mol. The molecule has 1 aromatic rings. The van der Waals surface area contributed by atoms with E-state index in [-0.39, 0.29) is 24.1 Å². The Morgan fingerprint density at radius 2 is 2.32 bits per heavy atom. The molecule has 1 rings (SSSR count). The summed E-state index contributed by atoms with van der Waals surface area (Å²) in [5, 5.41) is 16.5. The lowest BCUT2D eigenvalue weighted by Crippen LogP contribution is -2.32. The first kappa shape index (κ1) is 14.9. The molecule has 1 unspecified atom stereocenters. The van der Waals surface area contributed by atoms with Crippen molar-refractivity contribution >= 4 is 17.3 Å². The minimum atomic E-state index is -0.505. The summed E-state index contributed by atoms with van der Waals surface area (Å²) in [6, 6.07) is 1.66. The zero-order valence-corrected chi connectivity index (χ0v) is 11.0. The molecule has 2 N–H and O–H groups in total. The standard InChI is InChI=1S/C12H18N4O3/c1-3-9(2)15-12(17)5-7-14-10-4-6-13-8-11(10)16(18)19/h4,6,8-9H,3,5,7H2,1-2H3,(H,13,14)(H,15,17). The molecule has 0 bridgehead atoms. The summed E-state index contributed by atoms with van der Waals surface area (Å²) < 4.78 is 0. The van der Waals surface area contributed by atoms with E-state index in [4.69, 9.17) is 0 Å². The minimum absolute atomic E-state index is 0.0708. The maximum absolute atomic E-state index is 11.5. The quantitative estimate of drug-likeness (QED) is 0.578. The average molecular weight is 266 g/mol. The van der Waals surface area contributed by atoms with Gasteiger partial charge in [-0.15, -0.1) is 0 Å². The number of aromatic nitrogens is 1. The van der Waals surface area contributed by atoms with Crippen LogP contribution in [0.1, 0.15) is 26.7 Å². The van der Waals surface area contributed by atoms with E-state index < -0.39 is 4.92 Å². The molecule has 0 saturated carbocycles. The predicted molar refractivity (Wildman–Crippen MR) is 71.9 cm³/mol. The number of rotatable bonds is 7. The van der Waals surface area contributed by atoms with Gasteiger partial charge in [0.1, 0.15) is 11.9 Å². The van der Waals surface area contributed by atoms with Crippen molar-refractivity contribution in [2.24, 2.45) is 0 Å². The van der Waals surface area contributed by atoms with Crippen molar-refractivity contribution in [3.8, 4) is 0 Å². The summed E-state index contributed by atoms with van der Waals surface area (Å²) in [6.45, 7) is 4.26. The fraction of sp³-hybridized carbons (Fsp3) is 0.500. The van der Waals surface area contributed by atoms with E-state index >= 15 is 0 Å². The largest absolute Gasteiger partial charge is 0.379 e. The molecule has 1 aromatic heterocycles. The van der Waals surface area contributed by atoms with Crippen molar-refractivity contribution in [1.82, 2.24) is 10.3 Å². The molecule has 0 spiro atoms. The SMILES string of the molecule is CCC(C)NC(=O)CCNc1ccncc1[N+](=O)[O-]. The molecule has 0 saturated heterocycles. The Bertz CT molecular complexity index is 450. The Morgan fingerprint density at radius 1 is 1.58 bits per heavy atom. The molecule has 1 amide bonds. The molecule has 19 heavy (non-hydrogen) atoms. The number of carbonyl (C=O) groups excluding carboxylic acids is 1. The van der Waals surface area contributed by atoms with Gasteiger partial charge >= 0.3 is 5.69 Å². The molecule has 104 valence electrons. The number of amides is 1. The maximum atomic E-state index is 11.5. The van der Waals surface area contributed by atoms with E-state index in [9.17, 15) is 14.9 Å². The van der Waals surface area contributed by atoms with Gasteiger partial charge in [0.2, 0.25) is 5.91 Å². The zero-order valence-electron chi connectivity index (χ0n) is 11.0. The highest BCUT2D eigenvalue weighted by molar-refractivity contribution is 5.77. The molecule has 0 aliphatic carbocycles. The first-order valence-electron chi connectivity index (χ1n) is 6.16. The van der Waals surface area contributed by atoms with E-state index in [1.807, 2.05) is 13.8 Å². The minimum Gasteiger partial charge on any atom is -0.379 e. The van der Waals surface area contributed by atoms with Crippen LogP contribution in [0.3, 0.4) is 0 Å². The zero-order chi connectivity index (χ0) is 14.3. The number of hydrogen-bond donors (Lipinski definition) is 2. The van der Waals surface area contributed by atoms with Crippen LogP contribution in [-0.2, 0) is 4.79 Å². The van der Waals surface area contributed by atoms with Gasteiger partial charge in [-0.3, -0.25) is 19.9 Å². The second kappa shape index (κ2) is 7.30. The number of anilines is 1. The highest BCUT2D eigenvalue weighted by Crippen LogP contribution is 2.21. The molecule has 1 heterocycles. The molecule has 0 aliphatic rings. The van der Waals surface area contributed by atoms with Crippen molar-refractivity contribution in [2.75, 3.05) is 11.9 Å². The van der Waals surface area contributed by atoms with E-state index in [1.165, 1.54) is 18.5 Å². The third kappa shape index (κ3) is 4.90.